The van der Waals surface area contributed by atoms with E-state index in [4.69, 9.17) is 11.5 Å². The third-order valence-corrected chi connectivity index (χ3v) is 3.20. The van der Waals surface area contributed by atoms with Crippen molar-refractivity contribution in [1.82, 2.24) is 4.90 Å². The lowest BCUT2D eigenvalue weighted by atomic mass is 10.0. The number of rotatable bonds is 8. The summed E-state index contributed by atoms with van der Waals surface area (Å²) in [5, 5.41) is 0. The molecular formula is C16H25N3O2. The first-order valence-electron chi connectivity index (χ1n) is 7.26. The van der Waals surface area contributed by atoms with Crippen LogP contribution in [-0.2, 0) is 16.1 Å². The van der Waals surface area contributed by atoms with Crippen molar-refractivity contribution in [2.75, 3.05) is 6.54 Å². The minimum atomic E-state index is -0.540. The van der Waals surface area contributed by atoms with Crippen LogP contribution in [0.4, 0.5) is 0 Å². The summed E-state index contributed by atoms with van der Waals surface area (Å²) in [5.74, 6) is -0.203. The van der Waals surface area contributed by atoms with Crippen molar-refractivity contribution < 1.29 is 9.59 Å². The lowest BCUT2D eigenvalue weighted by Crippen LogP contribution is -2.45. The Bertz CT molecular complexity index is 460. The Morgan fingerprint density at radius 3 is 2.33 bits per heavy atom. The molecule has 0 heterocycles. The van der Waals surface area contributed by atoms with E-state index < -0.39 is 11.9 Å². The zero-order valence-corrected chi connectivity index (χ0v) is 12.8. The molecule has 5 heteroatoms. The summed E-state index contributed by atoms with van der Waals surface area (Å²) in [6.07, 6.45) is 0.771. The van der Waals surface area contributed by atoms with Crippen LogP contribution in [0.25, 0.3) is 0 Å². The monoisotopic (exact) mass is 291 g/mol. The van der Waals surface area contributed by atoms with Crippen LogP contribution in [0.3, 0.4) is 0 Å². The van der Waals surface area contributed by atoms with Gasteiger partial charge in [-0.15, -0.1) is 0 Å². The normalized spacial score (nSPS) is 12.2. The zero-order chi connectivity index (χ0) is 15.8. The third-order valence-electron chi connectivity index (χ3n) is 3.20. The summed E-state index contributed by atoms with van der Waals surface area (Å²) in [4.78, 5) is 25.0. The Morgan fingerprint density at radius 2 is 1.81 bits per heavy atom. The van der Waals surface area contributed by atoms with Crippen LogP contribution in [0.15, 0.2) is 30.3 Å². The van der Waals surface area contributed by atoms with Gasteiger partial charge < -0.3 is 16.4 Å². The fourth-order valence-corrected chi connectivity index (χ4v) is 2.16. The number of hydrogen-bond donors (Lipinski definition) is 2. The fraction of sp³-hybridized carbons (Fsp3) is 0.500. The summed E-state index contributed by atoms with van der Waals surface area (Å²) in [6.45, 7) is 4.80. The molecule has 0 saturated heterocycles. The quantitative estimate of drug-likeness (QED) is 0.755. The lowest BCUT2D eigenvalue weighted by molar-refractivity contribution is -0.134. The Kier molecular flexibility index (Phi) is 6.88. The average Bonchev–Trinajstić information content (AvgIpc) is 2.42. The van der Waals surface area contributed by atoms with E-state index in [2.05, 4.69) is 0 Å². The first kappa shape index (κ1) is 17.2. The molecule has 0 aliphatic carbocycles. The minimum Gasteiger partial charge on any atom is -0.370 e. The molecule has 116 valence electrons. The van der Waals surface area contributed by atoms with E-state index in [1.54, 1.807) is 4.90 Å². The predicted octanol–water partition coefficient (Wildman–Crippen LogP) is 1.26. The van der Waals surface area contributed by atoms with E-state index in [0.717, 1.165) is 5.56 Å². The number of carbonyl (C=O) groups excluding carboxylic acids is 2. The van der Waals surface area contributed by atoms with Crippen LogP contribution in [0.5, 0.6) is 0 Å². The van der Waals surface area contributed by atoms with Crippen LogP contribution in [0.2, 0.25) is 0 Å². The summed E-state index contributed by atoms with van der Waals surface area (Å²) >= 11 is 0. The Labute approximate surface area is 126 Å². The molecule has 0 fully saturated rings. The first-order valence-corrected chi connectivity index (χ1v) is 7.26. The van der Waals surface area contributed by atoms with Gasteiger partial charge in [0.05, 0.1) is 6.04 Å². The second kappa shape index (κ2) is 8.42. The maximum Gasteiger partial charge on any atom is 0.239 e. The highest BCUT2D eigenvalue weighted by Gasteiger charge is 2.22. The van der Waals surface area contributed by atoms with E-state index in [1.807, 2.05) is 44.2 Å². The third kappa shape index (κ3) is 6.40. The molecule has 1 aromatic carbocycles. The van der Waals surface area contributed by atoms with Crippen molar-refractivity contribution in [3.63, 3.8) is 0 Å². The van der Waals surface area contributed by atoms with Gasteiger partial charge in [-0.05, 0) is 17.9 Å². The molecule has 0 radical (unpaired) electrons. The topological polar surface area (TPSA) is 89.4 Å². The van der Waals surface area contributed by atoms with Gasteiger partial charge in [0.2, 0.25) is 11.8 Å². The molecule has 2 amide bonds. The van der Waals surface area contributed by atoms with Crippen molar-refractivity contribution >= 4 is 11.8 Å². The van der Waals surface area contributed by atoms with Gasteiger partial charge in [-0.3, -0.25) is 9.59 Å². The molecule has 4 N–H and O–H groups in total. The Balaban J connectivity index is 2.75. The number of primary amides is 1. The van der Waals surface area contributed by atoms with Gasteiger partial charge in [0.1, 0.15) is 0 Å². The molecule has 1 aromatic rings. The number of amides is 2. The molecule has 1 atom stereocenters. The van der Waals surface area contributed by atoms with Crippen molar-refractivity contribution in [2.45, 2.75) is 39.3 Å². The molecule has 0 aliphatic heterocycles. The summed E-state index contributed by atoms with van der Waals surface area (Å²) in [6, 6.07) is 9.10. The van der Waals surface area contributed by atoms with Crippen LogP contribution in [0, 0.1) is 5.92 Å². The van der Waals surface area contributed by atoms with Crippen LogP contribution in [0.1, 0.15) is 32.3 Å². The van der Waals surface area contributed by atoms with E-state index in [0.29, 0.717) is 25.4 Å². The van der Waals surface area contributed by atoms with Gasteiger partial charge in [0.25, 0.3) is 0 Å². The highest BCUT2D eigenvalue weighted by molar-refractivity contribution is 5.82. The van der Waals surface area contributed by atoms with Gasteiger partial charge in [-0.25, -0.2) is 0 Å². The molecule has 0 saturated carbocycles. The molecule has 0 aromatic heterocycles. The summed E-state index contributed by atoms with van der Waals surface area (Å²) < 4.78 is 0. The first-order chi connectivity index (χ1) is 9.90. The van der Waals surface area contributed by atoms with Crippen LogP contribution in [-0.4, -0.2) is 29.3 Å². The zero-order valence-electron chi connectivity index (χ0n) is 12.8. The van der Waals surface area contributed by atoms with E-state index >= 15 is 0 Å². The van der Waals surface area contributed by atoms with Crippen LogP contribution >= 0.6 is 0 Å². The van der Waals surface area contributed by atoms with Crippen molar-refractivity contribution in [3.05, 3.63) is 35.9 Å². The van der Waals surface area contributed by atoms with Gasteiger partial charge in [0.15, 0.2) is 0 Å². The maximum atomic E-state index is 12.4. The highest BCUT2D eigenvalue weighted by atomic mass is 16.2. The Hall–Kier alpha value is -1.88. The molecule has 1 rings (SSSR count). The number of benzene rings is 1. The molecule has 1 unspecified atom stereocenters. The second-order valence-electron chi connectivity index (χ2n) is 5.70. The summed E-state index contributed by atoms with van der Waals surface area (Å²) in [7, 11) is 0. The second-order valence-corrected chi connectivity index (χ2v) is 5.70. The number of carbonyl (C=O) groups is 2. The minimum absolute atomic E-state index is 0.131. The number of nitrogens with zero attached hydrogens (tertiary/aromatic N) is 1. The maximum absolute atomic E-state index is 12.4. The van der Waals surface area contributed by atoms with Crippen molar-refractivity contribution in [3.8, 4) is 0 Å². The molecule has 0 aliphatic rings. The number of nitrogens with two attached hydrogens (primary N) is 2. The summed E-state index contributed by atoms with van der Waals surface area (Å²) in [5.41, 5.74) is 12.2. The van der Waals surface area contributed by atoms with Gasteiger partial charge in [-0.2, -0.15) is 0 Å². The highest BCUT2D eigenvalue weighted by Crippen LogP contribution is 2.10. The van der Waals surface area contributed by atoms with E-state index in [9.17, 15) is 9.59 Å². The van der Waals surface area contributed by atoms with E-state index in [-0.39, 0.29) is 12.3 Å². The average molecular weight is 291 g/mol. The fourth-order valence-electron chi connectivity index (χ4n) is 2.16. The van der Waals surface area contributed by atoms with Gasteiger partial charge in [0, 0.05) is 19.5 Å². The molecule has 21 heavy (non-hydrogen) atoms. The van der Waals surface area contributed by atoms with Crippen molar-refractivity contribution in [2.24, 2.45) is 17.4 Å². The smallest absolute Gasteiger partial charge is 0.239 e. The molecular weight excluding hydrogens is 266 g/mol. The van der Waals surface area contributed by atoms with Crippen molar-refractivity contribution in [1.29, 1.82) is 0 Å². The molecule has 0 bridgehead atoms. The lowest BCUT2D eigenvalue weighted by Gasteiger charge is -2.26. The molecule has 0 spiro atoms. The van der Waals surface area contributed by atoms with Gasteiger partial charge in [-0.1, -0.05) is 44.2 Å². The number of hydrogen-bond acceptors (Lipinski definition) is 3. The predicted molar refractivity (Wildman–Crippen MR) is 83.1 cm³/mol. The van der Waals surface area contributed by atoms with Gasteiger partial charge >= 0.3 is 0 Å². The van der Waals surface area contributed by atoms with E-state index in [1.165, 1.54) is 0 Å². The largest absolute Gasteiger partial charge is 0.370 e. The van der Waals surface area contributed by atoms with Crippen LogP contribution < -0.4 is 11.5 Å². The molecule has 5 nitrogen and oxygen atoms in total. The Morgan fingerprint density at radius 1 is 1.19 bits per heavy atom. The standard InChI is InChI=1S/C16H25N3O2/c1-12(2)10-14(17)16(21)19(9-8-15(18)20)11-13-6-4-3-5-7-13/h3-7,12,14H,8-11,17H2,1-2H3,(H2,18,20). The SMILES string of the molecule is CC(C)CC(N)C(=O)N(CCC(N)=O)Cc1ccccc1.